The van der Waals surface area contributed by atoms with Crippen molar-refractivity contribution in [1.29, 1.82) is 0 Å². The Morgan fingerprint density at radius 3 is 2.03 bits per heavy atom. The van der Waals surface area contributed by atoms with E-state index in [1.165, 1.54) is 23.3 Å². The average molecular weight is 381 g/mol. The van der Waals surface area contributed by atoms with Gasteiger partial charge in [0.1, 0.15) is 0 Å². The van der Waals surface area contributed by atoms with E-state index in [-0.39, 0.29) is 11.8 Å². The first-order valence-electron chi connectivity index (χ1n) is 10.0. The third kappa shape index (κ3) is 3.77. The highest BCUT2D eigenvalue weighted by Crippen LogP contribution is 2.31. The molecule has 0 unspecified atom stereocenters. The number of unbranched alkanes of at least 4 members (excludes halogenated alkanes) is 1. The van der Waals surface area contributed by atoms with Crippen LogP contribution in [-0.2, 0) is 6.42 Å². The minimum Gasteiger partial charge on any atom is -0.268 e. The van der Waals surface area contributed by atoms with Gasteiger partial charge in [0.2, 0.25) is 0 Å². The Morgan fingerprint density at radius 2 is 1.38 bits per heavy atom. The summed E-state index contributed by atoms with van der Waals surface area (Å²) < 4.78 is 0. The van der Waals surface area contributed by atoms with Gasteiger partial charge in [-0.3, -0.25) is 9.59 Å². The summed E-state index contributed by atoms with van der Waals surface area (Å²) in [6.45, 7) is 2.20. The summed E-state index contributed by atoms with van der Waals surface area (Å²) in [7, 11) is 0. The van der Waals surface area contributed by atoms with Crippen molar-refractivity contribution in [3.8, 4) is 0 Å². The first-order chi connectivity index (χ1) is 14.2. The fourth-order valence-electron chi connectivity index (χ4n) is 3.60. The van der Waals surface area contributed by atoms with Crippen molar-refractivity contribution < 1.29 is 9.59 Å². The Hall–Kier alpha value is -3.46. The molecule has 0 fully saturated rings. The zero-order valence-electron chi connectivity index (χ0n) is 16.5. The Labute approximate surface area is 171 Å². The third-order valence-corrected chi connectivity index (χ3v) is 5.23. The predicted molar refractivity (Wildman–Crippen MR) is 118 cm³/mol. The number of nitrogens with zero attached hydrogens (tertiary/aromatic N) is 1. The van der Waals surface area contributed by atoms with Crippen molar-refractivity contribution in [3.05, 3.63) is 101 Å². The summed E-state index contributed by atoms with van der Waals surface area (Å²) in [5.74, 6) is -0.543. The second-order valence-electron chi connectivity index (χ2n) is 7.23. The SMILES string of the molecule is CCCCc1ccc(/C=C/c2ccccc2N2C(=O)c3ccccc3C2=O)cc1. The van der Waals surface area contributed by atoms with Crippen LogP contribution in [0.3, 0.4) is 0 Å². The number of hydrogen-bond donors (Lipinski definition) is 0. The molecule has 3 nitrogen and oxygen atoms in total. The number of para-hydroxylation sites is 1. The fraction of sp³-hybridized carbons (Fsp3) is 0.154. The van der Waals surface area contributed by atoms with E-state index >= 15 is 0 Å². The number of carbonyl (C=O) groups excluding carboxylic acids is 2. The first-order valence-corrected chi connectivity index (χ1v) is 10.0. The maximum atomic E-state index is 12.8. The number of benzene rings is 3. The summed E-state index contributed by atoms with van der Waals surface area (Å²) in [6, 6.07) is 23.0. The Bertz CT molecular complexity index is 1040. The predicted octanol–water partition coefficient (Wildman–Crippen LogP) is 6.00. The van der Waals surface area contributed by atoms with Gasteiger partial charge in [-0.2, -0.15) is 0 Å². The van der Waals surface area contributed by atoms with Crippen LogP contribution >= 0.6 is 0 Å². The summed E-state index contributed by atoms with van der Waals surface area (Å²) in [6.07, 6.45) is 7.46. The zero-order chi connectivity index (χ0) is 20.2. The van der Waals surface area contributed by atoms with E-state index in [0.717, 1.165) is 17.5 Å². The molecule has 3 heteroatoms. The smallest absolute Gasteiger partial charge is 0.266 e. The molecule has 0 N–H and O–H groups in total. The highest BCUT2D eigenvalue weighted by molar-refractivity contribution is 6.34. The molecular weight excluding hydrogens is 358 g/mol. The maximum Gasteiger partial charge on any atom is 0.266 e. The molecule has 0 bridgehead atoms. The largest absolute Gasteiger partial charge is 0.268 e. The van der Waals surface area contributed by atoms with E-state index < -0.39 is 0 Å². The Balaban J connectivity index is 1.61. The summed E-state index contributed by atoms with van der Waals surface area (Å²) in [5.41, 5.74) is 4.78. The van der Waals surface area contributed by atoms with Crippen molar-refractivity contribution in [2.45, 2.75) is 26.2 Å². The van der Waals surface area contributed by atoms with E-state index in [1.807, 2.05) is 36.4 Å². The zero-order valence-corrected chi connectivity index (χ0v) is 16.5. The normalized spacial score (nSPS) is 13.3. The van der Waals surface area contributed by atoms with E-state index in [0.29, 0.717) is 16.8 Å². The molecule has 29 heavy (non-hydrogen) atoms. The standard InChI is InChI=1S/C26H23NO2/c1-2-3-8-19-13-15-20(16-14-19)17-18-21-9-4-7-12-24(21)27-25(28)22-10-5-6-11-23(22)26(27)29/h4-7,9-18H,2-3,8H2,1H3/b18-17+. The minimum atomic E-state index is -0.272. The summed E-state index contributed by atoms with van der Waals surface area (Å²) >= 11 is 0. The molecule has 3 aromatic rings. The monoisotopic (exact) mass is 381 g/mol. The molecular formula is C26H23NO2. The highest BCUT2D eigenvalue weighted by Gasteiger charge is 2.36. The van der Waals surface area contributed by atoms with Gasteiger partial charge >= 0.3 is 0 Å². The number of amides is 2. The molecule has 2 amide bonds. The van der Waals surface area contributed by atoms with Crippen LogP contribution in [0.25, 0.3) is 12.2 Å². The van der Waals surface area contributed by atoms with E-state index in [4.69, 9.17) is 0 Å². The van der Waals surface area contributed by atoms with E-state index in [9.17, 15) is 9.59 Å². The molecule has 1 aliphatic rings. The quantitative estimate of drug-likeness (QED) is 0.388. The Morgan fingerprint density at radius 1 is 0.759 bits per heavy atom. The van der Waals surface area contributed by atoms with Gasteiger partial charge in [-0.15, -0.1) is 0 Å². The van der Waals surface area contributed by atoms with Gasteiger partial charge in [0.25, 0.3) is 11.8 Å². The highest BCUT2D eigenvalue weighted by atomic mass is 16.2. The molecule has 1 heterocycles. The number of carbonyl (C=O) groups is 2. The molecule has 0 saturated heterocycles. The van der Waals surface area contributed by atoms with Crippen molar-refractivity contribution >= 4 is 29.7 Å². The molecule has 0 spiro atoms. The maximum absolute atomic E-state index is 12.8. The lowest BCUT2D eigenvalue weighted by Crippen LogP contribution is -2.29. The van der Waals surface area contributed by atoms with Gasteiger partial charge in [-0.1, -0.05) is 80.1 Å². The molecule has 0 saturated carbocycles. The average Bonchev–Trinajstić information content (AvgIpc) is 3.02. The topological polar surface area (TPSA) is 37.4 Å². The molecule has 4 rings (SSSR count). The Kier molecular flexibility index (Phi) is 5.39. The molecule has 144 valence electrons. The number of fused-ring (bicyclic) bond motifs is 1. The third-order valence-electron chi connectivity index (χ3n) is 5.23. The molecule has 1 aliphatic heterocycles. The van der Waals surface area contributed by atoms with Crippen LogP contribution in [0.1, 0.15) is 57.2 Å². The van der Waals surface area contributed by atoms with E-state index in [1.54, 1.807) is 24.3 Å². The van der Waals surface area contributed by atoms with Gasteiger partial charge in [0, 0.05) is 0 Å². The molecule has 0 aromatic heterocycles. The molecule has 0 radical (unpaired) electrons. The molecule has 0 aliphatic carbocycles. The van der Waals surface area contributed by atoms with Gasteiger partial charge < -0.3 is 0 Å². The van der Waals surface area contributed by atoms with Crippen molar-refractivity contribution in [3.63, 3.8) is 0 Å². The minimum absolute atomic E-state index is 0.272. The van der Waals surface area contributed by atoms with Gasteiger partial charge in [-0.25, -0.2) is 4.90 Å². The molecule has 3 aromatic carbocycles. The van der Waals surface area contributed by atoms with Crippen LogP contribution in [0.5, 0.6) is 0 Å². The van der Waals surface area contributed by atoms with Crippen LogP contribution < -0.4 is 4.90 Å². The summed E-state index contributed by atoms with van der Waals surface area (Å²) in [5, 5.41) is 0. The van der Waals surface area contributed by atoms with E-state index in [2.05, 4.69) is 31.2 Å². The van der Waals surface area contributed by atoms with Crippen LogP contribution in [0.2, 0.25) is 0 Å². The van der Waals surface area contributed by atoms with Crippen LogP contribution in [0, 0.1) is 0 Å². The van der Waals surface area contributed by atoms with Crippen molar-refractivity contribution in [2.75, 3.05) is 4.90 Å². The number of rotatable bonds is 6. The molecule has 0 atom stereocenters. The van der Waals surface area contributed by atoms with Gasteiger partial charge in [0.15, 0.2) is 0 Å². The lowest BCUT2D eigenvalue weighted by atomic mass is 10.0. The number of hydrogen-bond acceptors (Lipinski definition) is 2. The van der Waals surface area contributed by atoms with Gasteiger partial charge in [-0.05, 0) is 47.7 Å². The van der Waals surface area contributed by atoms with Crippen LogP contribution in [0.15, 0.2) is 72.8 Å². The first kappa shape index (κ1) is 18.9. The fourth-order valence-corrected chi connectivity index (χ4v) is 3.60. The second-order valence-corrected chi connectivity index (χ2v) is 7.23. The number of anilines is 1. The lowest BCUT2D eigenvalue weighted by molar-refractivity contribution is 0.0926. The van der Waals surface area contributed by atoms with Crippen molar-refractivity contribution in [2.24, 2.45) is 0 Å². The van der Waals surface area contributed by atoms with Crippen molar-refractivity contribution in [1.82, 2.24) is 0 Å². The van der Waals surface area contributed by atoms with Crippen LogP contribution in [0.4, 0.5) is 5.69 Å². The number of imide groups is 1. The summed E-state index contributed by atoms with van der Waals surface area (Å²) in [4.78, 5) is 27.0. The van der Waals surface area contributed by atoms with Gasteiger partial charge in [0.05, 0.1) is 16.8 Å². The lowest BCUT2D eigenvalue weighted by Gasteiger charge is -2.16. The number of aryl methyl sites for hydroxylation is 1. The van der Waals surface area contributed by atoms with Crippen LogP contribution in [-0.4, -0.2) is 11.8 Å². The second kappa shape index (κ2) is 8.27.